The van der Waals surface area contributed by atoms with Gasteiger partial charge in [-0.3, -0.25) is 5.14 Å². The highest BCUT2D eigenvalue weighted by molar-refractivity contribution is 8.01. The molecule has 0 aromatic heterocycles. The molecule has 0 spiro atoms. The molecule has 104 valence electrons. The lowest BCUT2D eigenvalue weighted by atomic mass is 10.2. The number of halogens is 2. The lowest BCUT2D eigenvalue weighted by Gasteiger charge is -2.11. The standard InChI is InChI=1S/C13H17ClFN3S/c14-10-2-1-3-11(15)9(10)6-18-7-12(19-17)13(16)8-4-5-8/h1-3,8,18H,4-7,16-17H2/b13-12-. The molecule has 1 aromatic rings. The van der Waals surface area contributed by atoms with Crippen molar-refractivity contribution >= 4 is 23.5 Å². The lowest BCUT2D eigenvalue weighted by molar-refractivity contribution is 0.596. The molecule has 0 bridgehead atoms. The van der Waals surface area contributed by atoms with Crippen LogP contribution in [0.5, 0.6) is 0 Å². The van der Waals surface area contributed by atoms with Gasteiger partial charge in [-0.1, -0.05) is 17.7 Å². The topological polar surface area (TPSA) is 64.1 Å². The largest absolute Gasteiger partial charge is 0.401 e. The second-order valence-corrected chi connectivity index (χ2v) is 5.71. The van der Waals surface area contributed by atoms with E-state index in [1.807, 2.05) is 0 Å². The van der Waals surface area contributed by atoms with E-state index in [2.05, 4.69) is 5.32 Å². The summed E-state index contributed by atoms with van der Waals surface area (Å²) in [7, 11) is 0. The van der Waals surface area contributed by atoms with Crippen molar-refractivity contribution in [2.75, 3.05) is 6.54 Å². The third kappa shape index (κ3) is 3.86. The highest BCUT2D eigenvalue weighted by Crippen LogP contribution is 2.36. The summed E-state index contributed by atoms with van der Waals surface area (Å²) in [6.07, 6.45) is 2.27. The number of nitrogens with two attached hydrogens (primary N) is 2. The quantitative estimate of drug-likeness (QED) is 0.707. The zero-order valence-corrected chi connectivity index (χ0v) is 12.0. The van der Waals surface area contributed by atoms with Crippen molar-refractivity contribution < 1.29 is 4.39 Å². The second-order valence-electron chi connectivity index (χ2n) is 4.57. The Balaban J connectivity index is 1.94. The van der Waals surface area contributed by atoms with Crippen molar-refractivity contribution in [1.82, 2.24) is 5.32 Å². The fourth-order valence-electron chi connectivity index (χ4n) is 1.84. The number of benzene rings is 1. The van der Waals surface area contributed by atoms with Crippen molar-refractivity contribution in [3.63, 3.8) is 0 Å². The van der Waals surface area contributed by atoms with Gasteiger partial charge < -0.3 is 11.1 Å². The van der Waals surface area contributed by atoms with Gasteiger partial charge in [0.25, 0.3) is 0 Å². The molecule has 0 saturated heterocycles. The Hall–Kier alpha value is -0.750. The summed E-state index contributed by atoms with van der Waals surface area (Å²) in [5.74, 6) is 0.172. The van der Waals surface area contributed by atoms with Gasteiger partial charge in [0.2, 0.25) is 0 Å². The van der Waals surface area contributed by atoms with E-state index in [0.717, 1.165) is 35.4 Å². The SMILES string of the molecule is NS/C(CNCc1c(F)cccc1Cl)=C(\N)C1CC1. The van der Waals surface area contributed by atoms with Crippen LogP contribution in [0.15, 0.2) is 28.8 Å². The molecule has 1 aromatic carbocycles. The summed E-state index contributed by atoms with van der Waals surface area (Å²) in [6.45, 7) is 0.891. The van der Waals surface area contributed by atoms with E-state index < -0.39 is 0 Å². The molecular formula is C13H17ClFN3S. The van der Waals surface area contributed by atoms with Crippen LogP contribution in [0.4, 0.5) is 4.39 Å². The van der Waals surface area contributed by atoms with E-state index in [0.29, 0.717) is 29.6 Å². The molecule has 0 atom stereocenters. The molecule has 0 amide bonds. The highest BCUT2D eigenvalue weighted by Gasteiger charge is 2.26. The van der Waals surface area contributed by atoms with E-state index in [9.17, 15) is 4.39 Å². The van der Waals surface area contributed by atoms with E-state index in [-0.39, 0.29) is 5.82 Å². The maximum absolute atomic E-state index is 13.6. The Kier molecular flexibility index (Phi) is 5.10. The van der Waals surface area contributed by atoms with Gasteiger partial charge in [0.15, 0.2) is 0 Å². The molecule has 5 N–H and O–H groups in total. The van der Waals surface area contributed by atoms with Crippen LogP contribution in [-0.2, 0) is 6.54 Å². The minimum atomic E-state index is -0.305. The third-order valence-electron chi connectivity index (χ3n) is 3.13. The molecule has 0 unspecified atom stereocenters. The summed E-state index contributed by atoms with van der Waals surface area (Å²) in [6, 6.07) is 4.66. The summed E-state index contributed by atoms with van der Waals surface area (Å²) in [5, 5.41) is 9.18. The molecule has 1 saturated carbocycles. The van der Waals surface area contributed by atoms with Crippen LogP contribution in [0.3, 0.4) is 0 Å². The fourth-order valence-corrected chi connectivity index (χ4v) is 2.55. The van der Waals surface area contributed by atoms with Gasteiger partial charge in [-0.25, -0.2) is 4.39 Å². The predicted octanol–water partition coefficient (Wildman–Crippen LogP) is 2.76. The van der Waals surface area contributed by atoms with Crippen molar-refractivity contribution in [2.24, 2.45) is 16.8 Å². The second kappa shape index (κ2) is 6.61. The fraction of sp³-hybridized carbons (Fsp3) is 0.385. The van der Waals surface area contributed by atoms with E-state index in [1.165, 1.54) is 6.07 Å². The van der Waals surface area contributed by atoms with Crippen molar-refractivity contribution in [1.29, 1.82) is 0 Å². The maximum Gasteiger partial charge on any atom is 0.129 e. The first-order valence-electron chi connectivity index (χ1n) is 6.12. The summed E-state index contributed by atoms with van der Waals surface area (Å²) >= 11 is 7.11. The first-order chi connectivity index (χ1) is 9.13. The Bertz CT molecular complexity index is 469. The molecule has 19 heavy (non-hydrogen) atoms. The zero-order valence-electron chi connectivity index (χ0n) is 10.5. The Labute approximate surface area is 121 Å². The Morgan fingerprint density at radius 1 is 1.47 bits per heavy atom. The van der Waals surface area contributed by atoms with Gasteiger partial charge in [0, 0.05) is 34.3 Å². The Morgan fingerprint density at radius 2 is 2.21 bits per heavy atom. The molecule has 2 rings (SSSR count). The minimum Gasteiger partial charge on any atom is -0.401 e. The maximum atomic E-state index is 13.6. The first kappa shape index (κ1) is 14.7. The number of allylic oxidation sites excluding steroid dienone is 1. The van der Waals surface area contributed by atoms with Crippen LogP contribution < -0.4 is 16.2 Å². The van der Waals surface area contributed by atoms with E-state index in [1.54, 1.807) is 12.1 Å². The monoisotopic (exact) mass is 301 g/mol. The summed E-state index contributed by atoms with van der Waals surface area (Å²) < 4.78 is 13.6. The highest BCUT2D eigenvalue weighted by atomic mass is 35.5. The van der Waals surface area contributed by atoms with Gasteiger partial charge in [-0.2, -0.15) is 0 Å². The Morgan fingerprint density at radius 3 is 2.79 bits per heavy atom. The van der Waals surface area contributed by atoms with Crippen LogP contribution in [-0.4, -0.2) is 6.54 Å². The van der Waals surface area contributed by atoms with Crippen LogP contribution >= 0.6 is 23.5 Å². The smallest absolute Gasteiger partial charge is 0.129 e. The van der Waals surface area contributed by atoms with Crippen molar-refractivity contribution in [2.45, 2.75) is 19.4 Å². The van der Waals surface area contributed by atoms with Gasteiger partial charge in [-0.15, -0.1) is 0 Å². The number of hydrogen-bond donors (Lipinski definition) is 3. The molecule has 1 aliphatic rings. The number of rotatable bonds is 6. The molecule has 0 aliphatic heterocycles. The van der Waals surface area contributed by atoms with E-state index >= 15 is 0 Å². The summed E-state index contributed by atoms with van der Waals surface area (Å²) in [4.78, 5) is 0.926. The first-order valence-corrected chi connectivity index (χ1v) is 7.38. The van der Waals surface area contributed by atoms with Crippen LogP contribution in [0, 0.1) is 11.7 Å². The van der Waals surface area contributed by atoms with E-state index in [4.69, 9.17) is 22.5 Å². The van der Waals surface area contributed by atoms with Crippen molar-refractivity contribution in [3.8, 4) is 0 Å². The van der Waals surface area contributed by atoms with Gasteiger partial charge in [0.05, 0.1) is 0 Å². The molecule has 6 heteroatoms. The van der Waals surface area contributed by atoms with Crippen LogP contribution in [0.25, 0.3) is 0 Å². The molecule has 1 aliphatic carbocycles. The lowest BCUT2D eigenvalue weighted by Crippen LogP contribution is -2.20. The number of hydrogen-bond acceptors (Lipinski definition) is 4. The third-order valence-corrected chi connectivity index (χ3v) is 4.15. The van der Waals surface area contributed by atoms with Gasteiger partial charge >= 0.3 is 0 Å². The van der Waals surface area contributed by atoms with Gasteiger partial charge in [0.1, 0.15) is 5.82 Å². The molecule has 0 heterocycles. The zero-order chi connectivity index (χ0) is 13.8. The molecule has 3 nitrogen and oxygen atoms in total. The predicted molar refractivity (Wildman–Crippen MR) is 78.8 cm³/mol. The molecular weight excluding hydrogens is 285 g/mol. The van der Waals surface area contributed by atoms with Gasteiger partial charge in [-0.05, 0) is 42.8 Å². The average molecular weight is 302 g/mol. The number of nitrogens with one attached hydrogen (secondary N) is 1. The van der Waals surface area contributed by atoms with Crippen LogP contribution in [0.1, 0.15) is 18.4 Å². The minimum absolute atomic E-state index is 0.305. The average Bonchev–Trinajstić information content (AvgIpc) is 3.21. The van der Waals surface area contributed by atoms with Crippen molar-refractivity contribution in [3.05, 3.63) is 45.2 Å². The normalized spacial score (nSPS) is 16.4. The molecule has 0 radical (unpaired) electrons. The summed E-state index contributed by atoms with van der Waals surface area (Å²) in [5.41, 5.74) is 7.34. The molecule has 1 fully saturated rings. The van der Waals surface area contributed by atoms with Crippen LogP contribution in [0.2, 0.25) is 5.02 Å².